The van der Waals surface area contributed by atoms with E-state index in [1.807, 2.05) is 6.92 Å². The van der Waals surface area contributed by atoms with Crippen molar-refractivity contribution in [3.05, 3.63) is 18.2 Å². The smallest absolute Gasteiger partial charge is 0.315 e. The monoisotopic (exact) mass is 242 g/mol. The molecular formula is C12H18O5. The standard InChI is InChI=1S/C12H18O5/c1-5-16-12(15-4)17-10-8-6-7-9(13-2)11(10)14-3/h6-8,12H,5H2,1-4H3. The number of hydrogen-bond donors (Lipinski definition) is 0. The van der Waals surface area contributed by atoms with Crippen LogP contribution in [0.25, 0.3) is 0 Å². The van der Waals surface area contributed by atoms with Crippen LogP contribution in [0.3, 0.4) is 0 Å². The molecule has 0 fully saturated rings. The van der Waals surface area contributed by atoms with Crippen LogP contribution in [0, 0.1) is 0 Å². The highest BCUT2D eigenvalue weighted by molar-refractivity contribution is 5.50. The van der Waals surface area contributed by atoms with Gasteiger partial charge in [0.2, 0.25) is 5.75 Å². The minimum Gasteiger partial charge on any atom is -0.493 e. The molecule has 0 aliphatic carbocycles. The Morgan fingerprint density at radius 1 is 1.06 bits per heavy atom. The van der Waals surface area contributed by atoms with Crippen molar-refractivity contribution in [1.29, 1.82) is 0 Å². The molecule has 0 radical (unpaired) electrons. The van der Waals surface area contributed by atoms with Crippen LogP contribution >= 0.6 is 0 Å². The van der Waals surface area contributed by atoms with Crippen LogP contribution in [0.15, 0.2) is 18.2 Å². The van der Waals surface area contributed by atoms with Crippen molar-refractivity contribution in [3.8, 4) is 17.2 Å². The van der Waals surface area contributed by atoms with Crippen molar-refractivity contribution in [3.63, 3.8) is 0 Å². The van der Waals surface area contributed by atoms with Crippen molar-refractivity contribution < 1.29 is 23.7 Å². The Balaban J connectivity index is 2.88. The first-order valence-electron chi connectivity index (χ1n) is 5.28. The fourth-order valence-electron chi connectivity index (χ4n) is 1.34. The van der Waals surface area contributed by atoms with Gasteiger partial charge in [-0.15, -0.1) is 0 Å². The lowest BCUT2D eigenvalue weighted by atomic mass is 10.3. The molecule has 0 spiro atoms. The largest absolute Gasteiger partial charge is 0.493 e. The fourth-order valence-corrected chi connectivity index (χ4v) is 1.34. The molecule has 96 valence electrons. The highest BCUT2D eigenvalue weighted by Gasteiger charge is 2.15. The molecule has 17 heavy (non-hydrogen) atoms. The minimum atomic E-state index is -0.763. The van der Waals surface area contributed by atoms with Gasteiger partial charge in [0.25, 0.3) is 0 Å². The van der Waals surface area contributed by atoms with Crippen molar-refractivity contribution in [2.45, 2.75) is 13.4 Å². The van der Waals surface area contributed by atoms with E-state index in [0.29, 0.717) is 23.9 Å². The predicted octanol–water partition coefficient (Wildman–Crippen LogP) is 2.05. The van der Waals surface area contributed by atoms with Crippen LogP contribution in [-0.2, 0) is 9.47 Å². The minimum absolute atomic E-state index is 0.491. The summed E-state index contributed by atoms with van der Waals surface area (Å²) >= 11 is 0. The van der Waals surface area contributed by atoms with Crippen molar-refractivity contribution >= 4 is 0 Å². The van der Waals surface area contributed by atoms with Gasteiger partial charge < -0.3 is 23.7 Å². The second-order valence-electron chi connectivity index (χ2n) is 3.09. The van der Waals surface area contributed by atoms with Gasteiger partial charge in [0, 0.05) is 7.11 Å². The molecule has 1 aromatic rings. The van der Waals surface area contributed by atoms with Crippen molar-refractivity contribution in [2.75, 3.05) is 27.9 Å². The first kappa shape index (κ1) is 13.6. The third-order valence-corrected chi connectivity index (χ3v) is 2.09. The molecule has 0 bridgehead atoms. The number of methoxy groups -OCH3 is 3. The first-order valence-corrected chi connectivity index (χ1v) is 5.28. The number of ether oxygens (including phenoxy) is 5. The zero-order chi connectivity index (χ0) is 12.7. The zero-order valence-corrected chi connectivity index (χ0v) is 10.6. The fraction of sp³-hybridized carbons (Fsp3) is 0.500. The highest BCUT2D eigenvalue weighted by Crippen LogP contribution is 2.37. The van der Waals surface area contributed by atoms with E-state index in [2.05, 4.69) is 0 Å². The van der Waals surface area contributed by atoms with E-state index < -0.39 is 6.48 Å². The van der Waals surface area contributed by atoms with Gasteiger partial charge in [-0.1, -0.05) is 6.07 Å². The molecule has 5 nitrogen and oxygen atoms in total. The summed E-state index contributed by atoms with van der Waals surface area (Å²) in [7, 11) is 4.62. The molecular weight excluding hydrogens is 224 g/mol. The molecule has 0 saturated heterocycles. The van der Waals surface area contributed by atoms with Crippen LogP contribution < -0.4 is 14.2 Å². The molecule has 0 aromatic heterocycles. The van der Waals surface area contributed by atoms with Crippen LogP contribution in [0.1, 0.15) is 6.92 Å². The topological polar surface area (TPSA) is 46.2 Å². The molecule has 1 unspecified atom stereocenters. The number of para-hydroxylation sites is 1. The van der Waals surface area contributed by atoms with E-state index in [1.165, 1.54) is 7.11 Å². The molecule has 1 aromatic carbocycles. The lowest BCUT2D eigenvalue weighted by Crippen LogP contribution is -2.22. The SMILES string of the molecule is CCOC(OC)Oc1cccc(OC)c1OC. The number of rotatable bonds is 7. The van der Waals surface area contributed by atoms with Gasteiger partial charge in [0.15, 0.2) is 11.5 Å². The van der Waals surface area contributed by atoms with Gasteiger partial charge in [-0.3, -0.25) is 0 Å². The van der Waals surface area contributed by atoms with Crippen LogP contribution in [0.2, 0.25) is 0 Å². The van der Waals surface area contributed by atoms with Gasteiger partial charge >= 0.3 is 6.48 Å². The van der Waals surface area contributed by atoms with Gasteiger partial charge in [-0.25, -0.2) is 0 Å². The van der Waals surface area contributed by atoms with Gasteiger partial charge in [-0.2, -0.15) is 0 Å². The summed E-state index contributed by atoms with van der Waals surface area (Å²) in [5.41, 5.74) is 0. The average Bonchev–Trinajstić information content (AvgIpc) is 2.37. The average molecular weight is 242 g/mol. The normalized spacial score (nSPS) is 12.0. The first-order chi connectivity index (χ1) is 8.26. The van der Waals surface area contributed by atoms with Gasteiger partial charge in [-0.05, 0) is 19.1 Å². The Kier molecular flexibility index (Phi) is 5.59. The van der Waals surface area contributed by atoms with E-state index in [1.54, 1.807) is 32.4 Å². The molecule has 0 heterocycles. The van der Waals surface area contributed by atoms with E-state index >= 15 is 0 Å². The van der Waals surface area contributed by atoms with E-state index in [0.717, 1.165) is 0 Å². The summed E-state index contributed by atoms with van der Waals surface area (Å²) < 4.78 is 26.2. The molecule has 0 saturated carbocycles. The van der Waals surface area contributed by atoms with Crippen LogP contribution in [-0.4, -0.2) is 34.4 Å². The van der Waals surface area contributed by atoms with Crippen molar-refractivity contribution in [1.82, 2.24) is 0 Å². The molecule has 0 N–H and O–H groups in total. The van der Waals surface area contributed by atoms with E-state index in [-0.39, 0.29) is 0 Å². The maximum absolute atomic E-state index is 5.52. The summed E-state index contributed by atoms with van der Waals surface area (Å²) in [4.78, 5) is 0. The lowest BCUT2D eigenvalue weighted by Gasteiger charge is -2.19. The molecule has 1 rings (SSSR count). The quantitative estimate of drug-likeness (QED) is 0.685. The summed E-state index contributed by atoms with van der Waals surface area (Å²) in [6.07, 6.45) is 0. The summed E-state index contributed by atoms with van der Waals surface area (Å²) in [6, 6.07) is 5.34. The van der Waals surface area contributed by atoms with E-state index in [9.17, 15) is 0 Å². The Morgan fingerprint density at radius 2 is 1.76 bits per heavy atom. The van der Waals surface area contributed by atoms with E-state index in [4.69, 9.17) is 23.7 Å². The Hall–Kier alpha value is -1.46. The number of hydrogen-bond acceptors (Lipinski definition) is 5. The van der Waals surface area contributed by atoms with Gasteiger partial charge in [0.1, 0.15) is 0 Å². The molecule has 1 atom stereocenters. The molecule has 0 amide bonds. The maximum Gasteiger partial charge on any atom is 0.315 e. The second-order valence-corrected chi connectivity index (χ2v) is 3.09. The van der Waals surface area contributed by atoms with Crippen LogP contribution in [0.5, 0.6) is 17.2 Å². The Bertz CT molecular complexity index is 340. The van der Waals surface area contributed by atoms with Crippen molar-refractivity contribution in [2.24, 2.45) is 0 Å². The second kappa shape index (κ2) is 6.98. The Morgan fingerprint density at radius 3 is 2.29 bits per heavy atom. The summed E-state index contributed by atoms with van der Waals surface area (Å²) in [5, 5.41) is 0. The third-order valence-electron chi connectivity index (χ3n) is 2.09. The zero-order valence-electron chi connectivity index (χ0n) is 10.6. The number of benzene rings is 1. The third kappa shape index (κ3) is 3.51. The summed E-state index contributed by atoms with van der Waals surface area (Å²) in [5.74, 6) is 1.61. The summed E-state index contributed by atoms with van der Waals surface area (Å²) in [6.45, 7) is 1.59. The molecule has 0 aliphatic rings. The molecule has 0 aliphatic heterocycles. The van der Waals surface area contributed by atoms with Gasteiger partial charge in [0.05, 0.1) is 20.8 Å². The lowest BCUT2D eigenvalue weighted by molar-refractivity contribution is -0.231. The Labute approximate surface area is 101 Å². The maximum atomic E-state index is 5.52. The molecule has 5 heteroatoms. The van der Waals surface area contributed by atoms with Crippen LogP contribution in [0.4, 0.5) is 0 Å². The predicted molar refractivity (Wildman–Crippen MR) is 62.6 cm³/mol. The highest BCUT2D eigenvalue weighted by atomic mass is 16.8.